The molecule has 0 spiro atoms. The zero-order valence-corrected chi connectivity index (χ0v) is 12.9. The van der Waals surface area contributed by atoms with Crippen molar-refractivity contribution in [2.45, 2.75) is 52.7 Å². The lowest BCUT2D eigenvalue weighted by atomic mass is 9.91. The van der Waals surface area contributed by atoms with Crippen LogP contribution in [0.4, 0.5) is 0 Å². The maximum absolute atomic E-state index is 6.42. The van der Waals surface area contributed by atoms with Crippen LogP contribution in [0.1, 0.15) is 50.0 Å². The summed E-state index contributed by atoms with van der Waals surface area (Å²) in [5.74, 6) is 0.657. The number of hydrogen-bond donors (Lipinski definition) is 1. The second kappa shape index (κ2) is 5.64. The van der Waals surface area contributed by atoms with Crippen LogP contribution in [0.3, 0.4) is 0 Å². The molecule has 2 atom stereocenters. The quantitative estimate of drug-likeness (QED) is 0.894. The van der Waals surface area contributed by atoms with Gasteiger partial charge >= 0.3 is 0 Å². The van der Waals surface area contributed by atoms with Gasteiger partial charge in [0.1, 0.15) is 0 Å². The van der Waals surface area contributed by atoms with Crippen LogP contribution in [0.25, 0.3) is 0 Å². The number of ether oxygens (including phenoxy) is 1. The van der Waals surface area contributed by atoms with Crippen LogP contribution in [0, 0.1) is 19.8 Å². The van der Waals surface area contributed by atoms with Crippen molar-refractivity contribution in [3.8, 4) is 0 Å². The second-order valence-corrected chi connectivity index (χ2v) is 6.71. The van der Waals surface area contributed by atoms with E-state index >= 15 is 0 Å². The normalized spacial score (nSPS) is 27.8. The van der Waals surface area contributed by atoms with Crippen LogP contribution >= 0.6 is 0 Å². The number of morpholine rings is 1. The zero-order chi connectivity index (χ0) is 14.0. The van der Waals surface area contributed by atoms with E-state index in [0.717, 1.165) is 19.5 Å². The lowest BCUT2D eigenvalue weighted by Gasteiger charge is -2.40. The Bertz CT molecular complexity index is 421. The van der Waals surface area contributed by atoms with E-state index in [9.17, 15) is 0 Å². The van der Waals surface area contributed by atoms with E-state index in [1.807, 2.05) is 0 Å². The van der Waals surface area contributed by atoms with Crippen LogP contribution in [-0.2, 0) is 4.74 Å². The second-order valence-electron chi connectivity index (χ2n) is 6.71. The molecule has 0 saturated carbocycles. The first-order valence-electron chi connectivity index (χ1n) is 7.35. The minimum absolute atomic E-state index is 0.0469. The molecule has 0 radical (unpaired) electrons. The summed E-state index contributed by atoms with van der Waals surface area (Å²) >= 11 is 0. The molecule has 1 aliphatic rings. The van der Waals surface area contributed by atoms with E-state index in [2.05, 4.69) is 58.1 Å². The minimum Gasteiger partial charge on any atom is -0.365 e. The van der Waals surface area contributed by atoms with Gasteiger partial charge < -0.3 is 10.1 Å². The fraction of sp³-hybridized carbons (Fsp3) is 0.647. The van der Waals surface area contributed by atoms with E-state index in [1.54, 1.807) is 0 Å². The third-order valence-corrected chi connectivity index (χ3v) is 3.71. The summed E-state index contributed by atoms with van der Waals surface area (Å²) in [7, 11) is 0. The monoisotopic (exact) mass is 261 g/mol. The number of rotatable bonds is 3. The van der Waals surface area contributed by atoms with Gasteiger partial charge in [-0.15, -0.1) is 0 Å². The molecule has 2 nitrogen and oxygen atoms in total. The highest BCUT2D eigenvalue weighted by Crippen LogP contribution is 2.32. The summed E-state index contributed by atoms with van der Waals surface area (Å²) in [5.41, 5.74) is 3.89. The van der Waals surface area contributed by atoms with Crippen LogP contribution in [-0.4, -0.2) is 18.7 Å². The molecule has 1 heterocycles. The summed E-state index contributed by atoms with van der Waals surface area (Å²) in [4.78, 5) is 0. The van der Waals surface area contributed by atoms with Crippen LogP contribution in [0.5, 0.6) is 0 Å². The van der Waals surface area contributed by atoms with Crippen molar-refractivity contribution < 1.29 is 4.74 Å². The number of hydrogen-bond acceptors (Lipinski definition) is 2. The van der Waals surface area contributed by atoms with E-state index in [4.69, 9.17) is 4.74 Å². The first kappa shape index (κ1) is 14.5. The molecule has 0 amide bonds. The Kier molecular flexibility index (Phi) is 4.32. The maximum atomic E-state index is 6.42. The number of aryl methyl sites for hydroxylation is 2. The van der Waals surface area contributed by atoms with Gasteiger partial charge in [0.2, 0.25) is 0 Å². The molecule has 2 unspecified atom stereocenters. The molecule has 0 bridgehead atoms. The number of benzene rings is 1. The molecule has 1 aromatic carbocycles. The van der Waals surface area contributed by atoms with Crippen molar-refractivity contribution in [1.82, 2.24) is 5.32 Å². The first-order chi connectivity index (χ1) is 8.88. The summed E-state index contributed by atoms with van der Waals surface area (Å²) < 4.78 is 6.42. The largest absolute Gasteiger partial charge is 0.365 e. The summed E-state index contributed by atoms with van der Waals surface area (Å²) in [6, 6.07) is 6.72. The number of nitrogens with one attached hydrogen (secondary N) is 1. The van der Waals surface area contributed by atoms with Gasteiger partial charge in [-0.1, -0.05) is 43.2 Å². The Hall–Kier alpha value is -0.860. The Balaban J connectivity index is 2.16. The standard InChI is InChI=1S/C17H27NO/c1-12(2)9-17(5)11-18-10-16(19-17)15-7-13(3)6-14(4)8-15/h6-8,12,16,18H,9-11H2,1-5H3. The molecule has 1 aromatic rings. The van der Waals surface area contributed by atoms with Gasteiger partial charge in [-0.3, -0.25) is 0 Å². The van der Waals surface area contributed by atoms with Gasteiger partial charge in [-0.05, 0) is 38.7 Å². The average molecular weight is 261 g/mol. The topological polar surface area (TPSA) is 21.3 Å². The van der Waals surface area contributed by atoms with E-state index < -0.39 is 0 Å². The lowest BCUT2D eigenvalue weighted by molar-refractivity contribution is -0.117. The highest BCUT2D eigenvalue weighted by Gasteiger charge is 2.34. The van der Waals surface area contributed by atoms with Gasteiger partial charge in [0.25, 0.3) is 0 Å². The average Bonchev–Trinajstić information content (AvgIpc) is 2.25. The molecular formula is C17H27NO. The summed E-state index contributed by atoms with van der Waals surface area (Å²) in [6.07, 6.45) is 1.28. The van der Waals surface area contributed by atoms with Crippen molar-refractivity contribution >= 4 is 0 Å². The van der Waals surface area contributed by atoms with Crippen molar-refractivity contribution in [2.75, 3.05) is 13.1 Å². The van der Waals surface area contributed by atoms with Crippen LogP contribution < -0.4 is 5.32 Å². The molecule has 2 heteroatoms. The van der Waals surface area contributed by atoms with Gasteiger partial charge in [-0.2, -0.15) is 0 Å². The Morgan fingerprint density at radius 2 is 1.89 bits per heavy atom. The SMILES string of the molecule is Cc1cc(C)cc(C2CNCC(C)(CC(C)C)O2)c1. The van der Waals surface area contributed by atoms with Gasteiger partial charge in [0.05, 0.1) is 11.7 Å². The molecule has 0 aliphatic carbocycles. The van der Waals surface area contributed by atoms with Crippen LogP contribution in [0.15, 0.2) is 18.2 Å². The molecule has 19 heavy (non-hydrogen) atoms. The molecular weight excluding hydrogens is 234 g/mol. The molecule has 1 saturated heterocycles. The fourth-order valence-electron chi connectivity index (χ4n) is 3.26. The van der Waals surface area contributed by atoms with Crippen molar-refractivity contribution in [2.24, 2.45) is 5.92 Å². The van der Waals surface area contributed by atoms with Crippen molar-refractivity contribution in [1.29, 1.82) is 0 Å². The highest BCUT2D eigenvalue weighted by atomic mass is 16.5. The molecule has 106 valence electrons. The van der Waals surface area contributed by atoms with Gasteiger partial charge in [0.15, 0.2) is 0 Å². The highest BCUT2D eigenvalue weighted by molar-refractivity contribution is 5.30. The van der Waals surface area contributed by atoms with Gasteiger partial charge in [-0.25, -0.2) is 0 Å². The third kappa shape index (κ3) is 3.80. The Morgan fingerprint density at radius 1 is 1.26 bits per heavy atom. The van der Waals surface area contributed by atoms with Gasteiger partial charge in [0, 0.05) is 13.1 Å². The van der Waals surface area contributed by atoms with E-state index in [1.165, 1.54) is 16.7 Å². The molecule has 2 rings (SSSR count). The van der Waals surface area contributed by atoms with E-state index in [-0.39, 0.29) is 11.7 Å². The molecule has 1 fully saturated rings. The van der Waals surface area contributed by atoms with E-state index in [0.29, 0.717) is 5.92 Å². The zero-order valence-electron chi connectivity index (χ0n) is 12.9. The smallest absolute Gasteiger partial charge is 0.0957 e. The fourth-order valence-corrected chi connectivity index (χ4v) is 3.26. The van der Waals surface area contributed by atoms with Crippen molar-refractivity contribution in [3.63, 3.8) is 0 Å². The maximum Gasteiger partial charge on any atom is 0.0957 e. The van der Waals surface area contributed by atoms with Crippen LogP contribution in [0.2, 0.25) is 0 Å². The minimum atomic E-state index is -0.0469. The predicted octanol–water partition coefficient (Wildman–Crippen LogP) is 3.77. The predicted molar refractivity (Wildman–Crippen MR) is 80.5 cm³/mol. The summed E-state index contributed by atoms with van der Waals surface area (Å²) in [6.45, 7) is 12.9. The molecule has 1 aliphatic heterocycles. The lowest BCUT2D eigenvalue weighted by Crippen LogP contribution is -2.49. The first-order valence-corrected chi connectivity index (χ1v) is 7.35. The third-order valence-electron chi connectivity index (χ3n) is 3.71. The Labute approximate surface area is 117 Å². The van der Waals surface area contributed by atoms with Crippen molar-refractivity contribution in [3.05, 3.63) is 34.9 Å². The molecule has 1 N–H and O–H groups in total. The molecule has 0 aromatic heterocycles. The Morgan fingerprint density at radius 3 is 2.47 bits per heavy atom. The summed E-state index contributed by atoms with van der Waals surface area (Å²) in [5, 5.41) is 3.54.